The summed E-state index contributed by atoms with van der Waals surface area (Å²) in [5, 5.41) is 5.37. The van der Waals surface area contributed by atoms with Crippen LogP contribution in [0.3, 0.4) is 0 Å². The van der Waals surface area contributed by atoms with E-state index in [9.17, 15) is 4.79 Å². The van der Waals surface area contributed by atoms with E-state index in [4.69, 9.17) is 5.73 Å². The van der Waals surface area contributed by atoms with Crippen LogP contribution < -0.4 is 5.73 Å². The lowest BCUT2D eigenvalue weighted by atomic mass is 10.1. The second-order valence-electron chi connectivity index (χ2n) is 4.95. The van der Waals surface area contributed by atoms with Gasteiger partial charge in [0.25, 0.3) is 0 Å². The fourth-order valence-electron chi connectivity index (χ4n) is 2.67. The van der Waals surface area contributed by atoms with Gasteiger partial charge in [0.05, 0.1) is 11.4 Å². The van der Waals surface area contributed by atoms with Crippen LogP contribution in [0.25, 0.3) is 11.0 Å². The Morgan fingerprint density at radius 2 is 2.14 bits per heavy atom. The summed E-state index contributed by atoms with van der Waals surface area (Å²) in [6.07, 6.45) is 4.51. The van der Waals surface area contributed by atoms with Crippen LogP contribution in [0.2, 0.25) is 0 Å². The van der Waals surface area contributed by atoms with Crippen LogP contribution in [-0.2, 0) is 4.79 Å². The predicted molar refractivity (Wildman–Crippen MR) is 87.5 cm³/mol. The number of anilines is 1. The second-order valence-corrected chi connectivity index (χ2v) is 5.98. The third-order valence-electron chi connectivity index (χ3n) is 3.77. The van der Waals surface area contributed by atoms with E-state index in [0.29, 0.717) is 18.9 Å². The van der Waals surface area contributed by atoms with Gasteiger partial charge < -0.3 is 10.6 Å². The summed E-state index contributed by atoms with van der Waals surface area (Å²) in [5.74, 6) is 0.440. The van der Waals surface area contributed by atoms with Gasteiger partial charge in [-0.1, -0.05) is 6.58 Å². The molecule has 0 unspecified atom stereocenters. The zero-order valence-corrected chi connectivity index (χ0v) is 13.5. The standard InChI is InChI=1S/C13H15IN6O/c1-2-9(21)19-5-3-8(4-6-19)20-13-10(11(14)18-20)12(15)16-7-17-13/h2,7-8H,1,3-6H2,(H2,15,16,17). The van der Waals surface area contributed by atoms with Gasteiger partial charge in [0.15, 0.2) is 5.65 Å². The minimum atomic E-state index is -0.0140. The Balaban J connectivity index is 1.88. The summed E-state index contributed by atoms with van der Waals surface area (Å²) in [6.45, 7) is 4.93. The summed E-state index contributed by atoms with van der Waals surface area (Å²) in [6, 6.07) is 0.221. The van der Waals surface area contributed by atoms with E-state index in [1.165, 1.54) is 12.4 Å². The smallest absolute Gasteiger partial charge is 0.245 e. The average Bonchev–Trinajstić information content (AvgIpc) is 2.85. The van der Waals surface area contributed by atoms with Gasteiger partial charge in [-0.3, -0.25) is 4.79 Å². The molecule has 1 aliphatic rings. The SMILES string of the molecule is C=CC(=O)N1CCC(n2nc(I)c3c(N)ncnc32)CC1. The summed E-state index contributed by atoms with van der Waals surface area (Å²) in [7, 11) is 0. The van der Waals surface area contributed by atoms with Crippen LogP contribution in [0.15, 0.2) is 19.0 Å². The van der Waals surface area contributed by atoms with Gasteiger partial charge in [-0.25, -0.2) is 14.6 Å². The minimum Gasteiger partial charge on any atom is -0.383 e. The molecule has 1 fully saturated rings. The average molecular weight is 398 g/mol. The number of aromatic nitrogens is 4. The van der Waals surface area contributed by atoms with E-state index in [1.54, 1.807) is 0 Å². The number of nitrogens with zero attached hydrogens (tertiary/aromatic N) is 5. The number of rotatable bonds is 2. The first-order valence-corrected chi connectivity index (χ1v) is 7.75. The molecule has 21 heavy (non-hydrogen) atoms. The normalized spacial score (nSPS) is 16.3. The Hall–Kier alpha value is -1.71. The van der Waals surface area contributed by atoms with Gasteiger partial charge in [0.1, 0.15) is 15.8 Å². The van der Waals surface area contributed by atoms with Crippen LogP contribution in [0.1, 0.15) is 18.9 Å². The molecule has 0 aromatic carbocycles. The number of carbonyl (C=O) groups excluding carboxylic acids is 1. The van der Waals surface area contributed by atoms with Gasteiger partial charge in [-0.05, 0) is 41.5 Å². The van der Waals surface area contributed by atoms with Crippen LogP contribution in [0.4, 0.5) is 5.82 Å². The van der Waals surface area contributed by atoms with Crippen molar-refractivity contribution in [3.8, 4) is 0 Å². The molecule has 0 bridgehead atoms. The molecular weight excluding hydrogens is 383 g/mol. The molecule has 2 aromatic heterocycles. The number of carbonyl (C=O) groups is 1. The molecule has 110 valence electrons. The van der Waals surface area contributed by atoms with Gasteiger partial charge >= 0.3 is 0 Å². The van der Waals surface area contributed by atoms with Crippen molar-refractivity contribution in [2.75, 3.05) is 18.8 Å². The summed E-state index contributed by atoms with van der Waals surface area (Å²) >= 11 is 2.15. The number of fused-ring (bicyclic) bond motifs is 1. The van der Waals surface area contributed by atoms with Crippen molar-refractivity contribution in [1.29, 1.82) is 0 Å². The lowest BCUT2D eigenvalue weighted by Crippen LogP contribution is -2.38. The van der Waals surface area contributed by atoms with Crippen LogP contribution >= 0.6 is 22.6 Å². The topological polar surface area (TPSA) is 89.9 Å². The molecular formula is C13H15IN6O. The van der Waals surface area contributed by atoms with E-state index >= 15 is 0 Å². The molecule has 2 aromatic rings. The number of hydrogen-bond donors (Lipinski definition) is 1. The Morgan fingerprint density at radius 3 is 2.81 bits per heavy atom. The highest BCUT2D eigenvalue weighted by molar-refractivity contribution is 14.1. The number of nitrogen functional groups attached to an aromatic ring is 1. The third kappa shape index (κ3) is 2.47. The predicted octanol–water partition coefficient (Wildman–Crippen LogP) is 1.36. The summed E-state index contributed by atoms with van der Waals surface area (Å²) < 4.78 is 2.73. The lowest BCUT2D eigenvalue weighted by molar-refractivity contribution is -0.127. The largest absolute Gasteiger partial charge is 0.383 e. The van der Waals surface area contributed by atoms with Crippen molar-refractivity contribution in [3.63, 3.8) is 0 Å². The number of likely N-dealkylation sites (tertiary alicyclic amines) is 1. The quantitative estimate of drug-likeness (QED) is 0.610. The summed E-state index contributed by atoms with van der Waals surface area (Å²) in [5.41, 5.74) is 6.67. The van der Waals surface area contributed by atoms with Crippen molar-refractivity contribution in [3.05, 3.63) is 22.7 Å². The first-order chi connectivity index (χ1) is 10.1. The molecule has 8 heteroatoms. The number of nitrogens with two attached hydrogens (primary N) is 1. The molecule has 3 heterocycles. The maximum atomic E-state index is 11.6. The fourth-order valence-corrected chi connectivity index (χ4v) is 3.42. The van der Waals surface area contributed by atoms with Crippen LogP contribution in [0, 0.1) is 3.70 Å². The minimum absolute atomic E-state index is 0.0140. The number of hydrogen-bond acceptors (Lipinski definition) is 5. The van der Waals surface area contributed by atoms with Gasteiger partial charge in [-0.15, -0.1) is 0 Å². The molecule has 0 saturated carbocycles. The van der Waals surface area contributed by atoms with Crippen molar-refractivity contribution in [2.24, 2.45) is 0 Å². The van der Waals surface area contributed by atoms with E-state index in [0.717, 1.165) is 27.6 Å². The van der Waals surface area contributed by atoms with Crippen LogP contribution in [0.5, 0.6) is 0 Å². The molecule has 1 amide bonds. The Morgan fingerprint density at radius 1 is 1.43 bits per heavy atom. The van der Waals surface area contributed by atoms with Crippen LogP contribution in [-0.4, -0.2) is 43.6 Å². The molecule has 0 aliphatic carbocycles. The molecule has 0 spiro atoms. The van der Waals surface area contributed by atoms with Gasteiger partial charge in [0, 0.05) is 13.1 Å². The lowest BCUT2D eigenvalue weighted by Gasteiger charge is -2.31. The molecule has 7 nitrogen and oxygen atoms in total. The highest BCUT2D eigenvalue weighted by atomic mass is 127. The Labute approximate surface area is 135 Å². The number of piperidine rings is 1. The molecule has 1 aliphatic heterocycles. The van der Waals surface area contributed by atoms with E-state index in [1.807, 2.05) is 9.58 Å². The Bertz CT molecular complexity index is 704. The second kappa shape index (κ2) is 5.58. The number of amides is 1. The molecule has 0 atom stereocenters. The monoisotopic (exact) mass is 398 g/mol. The first kappa shape index (κ1) is 14.2. The van der Waals surface area contributed by atoms with Crippen molar-refractivity contribution < 1.29 is 4.79 Å². The third-order valence-corrected chi connectivity index (χ3v) is 4.53. The highest BCUT2D eigenvalue weighted by Gasteiger charge is 2.26. The maximum Gasteiger partial charge on any atom is 0.245 e. The van der Waals surface area contributed by atoms with E-state index < -0.39 is 0 Å². The molecule has 3 rings (SSSR count). The van der Waals surface area contributed by atoms with Crippen molar-refractivity contribution >= 4 is 45.3 Å². The van der Waals surface area contributed by atoms with E-state index in [-0.39, 0.29) is 11.9 Å². The van der Waals surface area contributed by atoms with Crippen molar-refractivity contribution in [1.82, 2.24) is 24.6 Å². The zero-order valence-electron chi connectivity index (χ0n) is 11.4. The van der Waals surface area contributed by atoms with E-state index in [2.05, 4.69) is 44.2 Å². The zero-order chi connectivity index (χ0) is 15.0. The molecule has 2 N–H and O–H groups in total. The summed E-state index contributed by atoms with van der Waals surface area (Å²) in [4.78, 5) is 21.8. The molecule has 0 radical (unpaired) electrons. The highest BCUT2D eigenvalue weighted by Crippen LogP contribution is 2.29. The van der Waals surface area contributed by atoms with Crippen molar-refractivity contribution in [2.45, 2.75) is 18.9 Å². The van der Waals surface area contributed by atoms with Gasteiger partial charge in [0.2, 0.25) is 5.91 Å². The maximum absolute atomic E-state index is 11.6. The van der Waals surface area contributed by atoms with Gasteiger partial charge in [-0.2, -0.15) is 5.10 Å². The number of halogens is 1. The Kier molecular flexibility index (Phi) is 3.79. The fraction of sp³-hybridized carbons (Fsp3) is 0.385. The first-order valence-electron chi connectivity index (χ1n) is 6.67. The molecule has 1 saturated heterocycles.